The number of aliphatic hydroxyl groups excluding tert-OH is 1. The van der Waals surface area contributed by atoms with Gasteiger partial charge >= 0.3 is 0 Å². The Labute approximate surface area is 83.9 Å². The first-order chi connectivity index (χ1) is 6.19. The summed E-state index contributed by atoms with van der Waals surface area (Å²) < 4.78 is 13.8. The number of hydrogen-bond acceptors (Lipinski definition) is 3. The molecule has 1 unspecified atom stereocenters. The van der Waals surface area contributed by atoms with Crippen LogP contribution in [0.25, 0.3) is 0 Å². The van der Waals surface area contributed by atoms with Crippen molar-refractivity contribution in [2.75, 3.05) is 13.2 Å². The average molecular weight is 249 g/mol. The highest BCUT2D eigenvalue weighted by Gasteiger charge is 2.14. The zero-order chi connectivity index (χ0) is 9.84. The number of hydrogen-bond donors (Lipinski definition) is 2. The van der Waals surface area contributed by atoms with Crippen LogP contribution in [-0.4, -0.2) is 23.2 Å². The van der Waals surface area contributed by atoms with Crippen molar-refractivity contribution in [1.29, 1.82) is 0 Å². The fourth-order valence-electron chi connectivity index (χ4n) is 1.02. The molecular weight excluding hydrogens is 239 g/mol. The first kappa shape index (κ1) is 10.6. The van der Waals surface area contributed by atoms with Crippen LogP contribution >= 0.6 is 15.9 Å². The first-order valence-corrected chi connectivity index (χ1v) is 4.60. The number of rotatable bonds is 3. The van der Waals surface area contributed by atoms with E-state index in [-0.39, 0.29) is 19.1 Å². The Kier molecular flexibility index (Phi) is 3.77. The minimum absolute atomic E-state index is 0.175. The molecule has 0 aliphatic heterocycles. The van der Waals surface area contributed by atoms with Gasteiger partial charge in [0.05, 0.1) is 6.61 Å². The molecule has 0 spiro atoms. The van der Waals surface area contributed by atoms with E-state index in [1.165, 1.54) is 6.20 Å². The van der Waals surface area contributed by atoms with Gasteiger partial charge in [-0.05, 0) is 22.0 Å². The molecule has 13 heavy (non-hydrogen) atoms. The summed E-state index contributed by atoms with van der Waals surface area (Å²) in [7, 11) is 0. The molecule has 1 aromatic heterocycles. The van der Waals surface area contributed by atoms with E-state index in [0.717, 1.165) is 0 Å². The van der Waals surface area contributed by atoms with Crippen LogP contribution in [0, 0.1) is 5.95 Å². The van der Waals surface area contributed by atoms with Crippen LogP contribution in [0.15, 0.2) is 16.7 Å². The molecule has 0 aromatic carbocycles. The number of nitrogens with two attached hydrogens (primary N) is 1. The van der Waals surface area contributed by atoms with Gasteiger partial charge in [0.25, 0.3) is 0 Å². The van der Waals surface area contributed by atoms with E-state index in [9.17, 15) is 4.39 Å². The summed E-state index contributed by atoms with van der Waals surface area (Å²) in [6.07, 6.45) is 1.36. The topological polar surface area (TPSA) is 59.1 Å². The van der Waals surface area contributed by atoms with Crippen LogP contribution in [-0.2, 0) is 0 Å². The number of halogens is 2. The van der Waals surface area contributed by atoms with Crippen molar-refractivity contribution in [3.8, 4) is 0 Å². The maximum absolute atomic E-state index is 13.1. The fraction of sp³-hybridized carbons (Fsp3) is 0.375. The Bertz CT molecular complexity index is 291. The van der Waals surface area contributed by atoms with Gasteiger partial charge in [-0.25, -0.2) is 4.98 Å². The second-order valence-corrected chi connectivity index (χ2v) is 3.56. The predicted molar refractivity (Wildman–Crippen MR) is 50.8 cm³/mol. The van der Waals surface area contributed by atoms with Gasteiger partial charge in [0, 0.05) is 28.7 Å². The molecule has 0 amide bonds. The van der Waals surface area contributed by atoms with Crippen LogP contribution in [0.5, 0.6) is 0 Å². The molecule has 1 aromatic rings. The molecule has 0 saturated heterocycles. The van der Waals surface area contributed by atoms with Gasteiger partial charge < -0.3 is 10.8 Å². The van der Waals surface area contributed by atoms with Crippen molar-refractivity contribution in [1.82, 2.24) is 4.98 Å². The summed E-state index contributed by atoms with van der Waals surface area (Å²) in [6.45, 7) is 0.0249. The van der Waals surface area contributed by atoms with Crippen LogP contribution in [0.3, 0.4) is 0 Å². The molecule has 1 rings (SSSR count). The van der Waals surface area contributed by atoms with E-state index in [2.05, 4.69) is 20.9 Å². The van der Waals surface area contributed by atoms with Gasteiger partial charge in [0.15, 0.2) is 0 Å². The minimum atomic E-state index is -0.576. The highest BCUT2D eigenvalue weighted by molar-refractivity contribution is 9.10. The third-order valence-corrected chi connectivity index (χ3v) is 2.21. The Hall–Kier alpha value is -0.520. The lowest BCUT2D eigenvalue weighted by Gasteiger charge is -2.11. The molecule has 0 aliphatic carbocycles. The number of pyridine rings is 1. The van der Waals surface area contributed by atoms with E-state index in [1.54, 1.807) is 6.07 Å². The summed E-state index contributed by atoms with van der Waals surface area (Å²) in [4.78, 5) is 3.52. The molecule has 0 fully saturated rings. The van der Waals surface area contributed by atoms with E-state index in [1.807, 2.05) is 0 Å². The summed E-state index contributed by atoms with van der Waals surface area (Å²) in [5, 5.41) is 8.91. The third kappa shape index (κ3) is 2.46. The lowest BCUT2D eigenvalue weighted by Crippen LogP contribution is -2.17. The van der Waals surface area contributed by atoms with Crippen LogP contribution in [0.2, 0.25) is 0 Å². The smallest absolute Gasteiger partial charge is 0.216 e. The van der Waals surface area contributed by atoms with Crippen LogP contribution in [0.1, 0.15) is 11.5 Å². The van der Waals surface area contributed by atoms with Crippen molar-refractivity contribution in [3.63, 3.8) is 0 Å². The number of aliphatic hydroxyl groups is 1. The molecule has 0 aliphatic rings. The zero-order valence-electron chi connectivity index (χ0n) is 6.87. The van der Waals surface area contributed by atoms with Crippen LogP contribution < -0.4 is 5.73 Å². The van der Waals surface area contributed by atoms with E-state index in [4.69, 9.17) is 10.8 Å². The Morgan fingerprint density at radius 2 is 2.38 bits per heavy atom. The molecular formula is C8H10BrFN2O. The Balaban J connectivity index is 3.03. The van der Waals surface area contributed by atoms with E-state index in [0.29, 0.717) is 10.0 Å². The van der Waals surface area contributed by atoms with Gasteiger partial charge in [-0.1, -0.05) is 0 Å². The number of aromatic nitrogens is 1. The molecule has 1 atom stereocenters. The molecule has 5 heteroatoms. The molecule has 72 valence electrons. The molecule has 3 N–H and O–H groups in total. The molecule has 3 nitrogen and oxygen atoms in total. The molecule has 0 radical (unpaired) electrons. The average Bonchev–Trinajstić information content (AvgIpc) is 2.13. The van der Waals surface area contributed by atoms with E-state index >= 15 is 0 Å². The maximum Gasteiger partial charge on any atom is 0.216 e. The van der Waals surface area contributed by atoms with Crippen molar-refractivity contribution in [2.24, 2.45) is 5.73 Å². The van der Waals surface area contributed by atoms with Gasteiger partial charge in [0.1, 0.15) is 0 Å². The summed E-state index contributed by atoms with van der Waals surface area (Å²) in [5.74, 6) is -0.960. The normalized spacial score (nSPS) is 12.9. The molecule has 0 saturated carbocycles. The van der Waals surface area contributed by atoms with Crippen molar-refractivity contribution in [3.05, 3.63) is 28.2 Å². The Morgan fingerprint density at radius 1 is 1.69 bits per heavy atom. The SMILES string of the molecule is NCC(CO)c1cc(Br)cnc1F. The van der Waals surface area contributed by atoms with Gasteiger partial charge in [-0.15, -0.1) is 0 Å². The fourth-order valence-corrected chi connectivity index (χ4v) is 1.37. The molecule has 0 bridgehead atoms. The zero-order valence-corrected chi connectivity index (χ0v) is 8.46. The van der Waals surface area contributed by atoms with Crippen molar-refractivity contribution < 1.29 is 9.50 Å². The predicted octanol–water partition coefficient (Wildman–Crippen LogP) is 1.02. The lowest BCUT2D eigenvalue weighted by atomic mass is 10.0. The van der Waals surface area contributed by atoms with Crippen molar-refractivity contribution >= 4 is 15.9 Å². The largest absolute Gasteiger partial charge is 0.396 e. The summed E-state index contributed by atoms with van der Waals surface area (Å²) in [6, 6.07) is 1.58. The van der Waals surface area contributed by atoms with Crippen LogP contribution in [0.4, 0.5) is 4.39 Å². The van der Waals surface area contributed by atoms with Gasteiger partial charge in [-0.3, -0.25) is 0 Å². The number of nitrogens with zero attached hydrogens (tertiary/aromatic N) is 1. The Morgan fingerprint density at radius 3 is 2.92 bits per heavy atom. The minimum Gasteiger partial charge on any atom is -0.396 e. The van der Waals surface area contributed by atoms with E-state index < -0.39 is 5.95 Å². The van der Waals surface area contributed by atoms with Crippen molar-refractivity contribution in [2.45, 2.75) is 5.92 Å². The third-order valence-electron chi connectivity index (χ3n) is 1.78. The highest BCUT2D eigenvalue weighted by atomic mass is 79.9. The lowest BCUT2D eigenvalue weighted by molar-refractivity contribution is 0.264. The standard InChI is InChI=1S/C8H10BrFN2O/c9-6-1-7(5(2-11)4-13)8(10)12-3-6/h1,3,5,13H,2,4,11H2. The second kappa shape index (κ2) is 4.64. The monoisotopic (exact) mass is 248 g/mol. The maximum atomic E-state index is 13.1. The van der Waals surface area contributed by atoms with Gasteiger partial charge in [-0.2, -0.15) is 4.39 Å². The summed E-state index contributed by atoms with van der Waals surface area (Å²) >= 11 is 3.17. The first-order valence-electron chi connectivity index (χ1n) is 3.81. The van der Waals surface area contributed by atoms with Gasteiger partial charge in [0.2, 0.25) is 5.95 Å². The highest BCUT2D eigenvalue weighted by Crippen LogP contribution is 2.20. The second-order valence-electron chi connectivity index (χ2n) is 2.65. The quantitative estimate of drug-likeness (QED) is 0.786. The molecule has 1 heterocycles. The summed E-state index contributed by atoms with van der Waals surface area (Å²) in [5.41, 5.74) is 5.71.